The van der Waals surface area contributed by atoms with Gasteiger partial charge in [-0.3, -0.25) is 4.79 Å². The van der Waals surface area contributed by atoms with Gasteiger partial charge in [0.25, 0.3) is 5.71 Å². The second-order valence-corrected chi connectivity index (χ2v) is 7.98. The Morgan fingerprint density at radius 1 is 1.27 bits per heavy atom. The smallest absolute Gasteiger partial charge is 0.263 e. The van der Waals surface area contributed by atoms with Crippen LogP contribution in [0.5, 0.6) is 0 Å². The van der Waals surface area contributed by atoms with Crippen molar-refractivity contribution in [2.75, 3.05) is 18.0 Å². The third-order valence-corrected chi connectivity index (χ3v) is 4.73. The van der Waals surface area contributed by atoms with E-state index in [-0.39, 0.29) is 11.9 Å². The van der Waals surface area contributed by atoms with Gasteiger partial charge in [-0.25, -0.2) is 4.98 Å². The topological polar surface area (TPSA) is 84.1 Å². The Morgan fingerprint density at radius 3 is 2.62 bits per heavy atom. The largest absolute Gasteiger partial charge is 0.355 e. The SMILES string of the molecule is Cc1noc2nc(CCC(=O)NC(C)C)nc(N3CC(C)CC(C)C3)c12. The van der Waals surface area contributed by atoms with Gasteiger partial charge in [-0.15, -0.1) is 0 Å². The Labute approximate surface area is 154 Å². The van der Waals surface area contributed by atoms with Crippen molar-refractivity contribution in [1.82, 2.24) is 20.4 Å². The minimum atomic E-state index is 0.0132. The molecule has 2 atom stereocenters. The van der Waals surface area contributed by atoms with E-state index in [2.05, 4.69) is 34.2 Å². The number of aromatic nitrogens is 3. The number of anilines is 1. The molecule has 142 valence electrons. The van der Waals surface area contributed by atoms with Gasteiger partial charge in [0.05, 0.1) is 5.69 Å². The van der Waals surface area contributed by atoms with Gasteiger partial charge in [-0.1, -0.05) is 19.0 Å². The molecule has 1 N–H and O–H groups in total. The van der Waals surface area contributed by atoms with E-state index in [4.69, 9.17) is 9.51 Å². The van der Waals surface area contributed by atoms with E-state index >= 15 is 0 Å². The molecule has 7 heteroatoms. The maximum atomic E-state index is 12.0. The summed E-state index contributed by atoms with van der Waals surface area (Å²) in [6, 6.07) is 0.134. The highest BCUT2D eigenvalue weighted by molar-refractivity contribution is 5.88. The maximum Gasteiger partial charge on any atom is 0.263 e. The molecule has 0 saturated carbocycles. The first-order chi connectivity index (χ1) is 12.3. The predicted octanol–water partition coefficient (Wildman–Crippen LogP) is 2.87. The monoisotopic (exact) mass is 359 g/mol. The van der Waals surface area contributed by atoms with Crippen molar-refractivity contribution in [3.8, 4) is 0 Å². The summed E-state index contributed by atoms with van der Waals surface area (Å²) in [6.07, 6.45) is 2.08. The van der Waals surface area contributed by atoms with E-state index < -0.39 is 0 Å². The van der Waals surface area contributed by atoms with Crippen LogP contribution in [-0.4, -0.2) is 40.2 Å². The minimum absolute atomic E-state index is 0.0132. The van der Waals surface area contributed by atoms with Crippen molar-refractivity contribution < 1.29 is 9.32 Å². The first kappa shape index (κ1) is 18.6. The normalized spacial score (nSPS) is 20.8. The summed E-state index contributed by atoms with van der Waals surface area (Å²) < 4.78 is 5.42. The fourth-order valence-corrected chi connectivity index (χ4v) is 3.81. The number of fused-ring (bicyclic) bond motifs is 1. The molecule has 0 aromatic carbocycles. The fraction of sp³-hybridized carbons (Fsp3) is 0.684. The fourth-order valence-electron chi connectivity index (χ4n) is 3.81. The summed E-state index contributed by atoms with van der Waals surface area (Å²) in [5.74, 6) is 2.77. The van der Waals surface area contributed by atoms with Crippen molar-refractivity contribution in [2.24, 2.45) is 11.8 Å². The third kappa shape index (κ3) is 4.14. The second-order valence-electron chi connectivity index (χ2n) is 7.98. The molecule has 1 aliphatic rings. The molecular formula is C19H29N5O2. The van der Waals surface area contributed by atoms with E-state index in [1.54, 1.807) is 0 Å². The van der Waals surface area contributed by atoms with Gasteiger partial charge in [0.2, 0.25) is 5.91 Å². The van der Waals surface area contributed by atoms with Crippen molar-refractivity contribution >= 4 is 22.8 Å². The van der Waals surface area contributed by atoms with Gasteiger partial charge in [0.1, 0.15) is 17.0 Å². The number of carbonyl (C=O) groups is 1. The Bertz CT molecular complexity index is 776. The Balaban J connectivity index is 1.88. The summed E-state index contributed by atoms with van der Waals surface area (Å²) in [6.45, 7) is 12.3. The molecule has 1 saturated heterocycles. The molecule has 2 aromatic rings. The quantitative estimate of drug-likeness (QED) is 0.884. The average Bonchev–Trinajstić information content (AvgIpc) is 2.92. The standard InChI is InChI=1S/C19H29N5O2/c1-11(2)20-16(25)7-6-15-21-18(17-14(5)23-26-19(17)22-15)24-9-12(3)8-13(4)10-24/h11-13H,6-10H2,1-5H3,(H,20,25). The highest BCUT2D eigenvalue weighted by Crippen LogP contribution is 2.31. The van der Waals surface area contributed by atoms with Crippen molar-refractivity contribution in [3.63, 3.8) is 0 Å². The lowest BCUT2D eigenvalue weighted by atomic mass is 9.92. The number of nitrogens with one attached hydrogen (secondary N) is 1. The molecule has 2 aromatic heterocycles. The number of carbonyl (C=O) groups excluding carboxylic acids is 1. The molecule has 0 spiro atoms. The highest BCUT2D eigenvalue weighted by atomic mass is 16.5. The number of aryl methyl sites for hydroxylation is 2. The predicted molar refractivity (Wildman–Crippen MR) is 101 cm³/mol. The van der Waals surface area contributed by atoms with Gasteiger partial charge < -0.3 is 14.7 Å². The second kappa shape index (κ2) is 7.60. The summed E-state index contributed by atoms with van der Waals surface area (Å²) in [4.78, 5) is 23.6. The lowest BCUT2D eigenvalue weighted by Gasteiger charge is -2.36. The lowest BCUT2D eigenvalue weighted by molar-refractivity contribution is -0.121. The van der Waals surface area contributed by atoms with Crippen LogP contribution in [-0.2, 0) is 11.2 Å². The van der Waals surface area contributed by atoms with Crippen LogP contribution in [0, 0.1) is 18.8 Å². The summed E-state index contributed by atoms with van der Waals surface area (Å²) >= 11 is 0. The molecule has 1 fully saturated rings. The number of piperidine rings is 1. The van der Waals surface area contributed by atoms with Gasteiger partial charge >= 0.3 is 0 Å². The van der Waals surface area contributed by atoms with E-state index in [0.29, 0.717) is 36.2 Å². The molecule has 1 aliphatic heterocycles. The number of rotatable bonds is 5. The molecule has 0 radical (unpaired) electrons. The van der Waals surface area contributed by atoms with Crippen LogP contribution in [0.15, 0.2) is 4.52 Å². The molecule has 1 amide bonds. The zero-order valence-corrected chi connectivity index (χ0v) is 16.4. The molecule has 0 aliphatic carbocycles. The van der Waals surface area contributed by atoms with Crippen LogP contribution in [0.4, 0.5) is 5.82 Å². The van der Waals surface area contributed by atoms with Crippen LogP contribution >= 0.6 is 0 Å². The summed E-state index contributed by atoms with van der Waals surface area (Å²) in [5.41, 5.74) is 1.32. The van der Waals surface area contributed by atoms with Gasteiger partial charge in [0, 0.05) is 32.0 Å². The van der Waals surface area contributed by atoms with Crippen molar-refractivity contribution in [2.45, 2.75) is 59.9 Å². The number of hydrogen-bond acceptors (Lipinski definition) is 6. The van der Waals surface area contributed by atoms with Gasteiger partial charge in [-0.05, 0) is 39.0 Å². The van der Waals surface area contributed by atoms with Crippen LogP contribution in [0.1, 0.15) is 52.1 Å². The lowest BCUT2D eigenvalue weighted by Crippen LogP contribution is -2.39. The molecule has 2 unspecified atom stereocenters. The third-order valence-electron chi connectivity index (χ3n) is 4.73. The maximum absolute atomic E-state index is 12.0. The average molecular weight is 359 g/mol. The molecular weight excluding hydrogens is 330 g/mol. The molecule has 3 heterocycles. The zero-order valence-electron chi connectivity index (χ0n) is 16.4. The van der Waals surface area contributed by atoms with Gasteiger partial charge in [-0.2, -0.15) is 4.98 Å². The first-order valence-corrected chi connectivity index (χ1v) is 9.50. The van der Waals surface area contributed by atoms with Crippen molar-refractivity contribution in [1.29, 1.82) is 0 Å². The molecule has 0 bridgehead atoms. The highest BCUT2D eigenvalue weighted by Gasteiger charge is 2.27. The van der Waals surface area contributed by atoms with E-state index in [9.17, 15) is 4.79 Å². The summed E-state index contributed by atoms with van der Waals surface area (Å²) in [7, 11) is 0. The van der Waals surface area contributed by atoms with E-state index in [1.807, 2.05) is 20.8 Å². The Kier molecular flexibility index (Phi) is 5.44. The Hall–Kier alpha value is -2.18. The van der Waals surface area contributed by atoms with Crippen LogP contribution < -0.4 is 10.2 Å². The molecule has 26 heavy (non-hydrogen) atoms. The van der Waals surface area contributed by atoms with Crippen LogP contribution in [0.25, 0.3) is 11.1 Å². The number of amides is 1. The van der Waals surface area contributed by atoms with Crippen LogP contribution in [0.2, 0.25) is 0 Å². The van der Waals surface area contributed by atoms with Crippen molar-refractivity contribution in [3.05, 3.63) is 11.5 Å². The number of hydrogen-bond donors (Lipinski definition) is 1. The van der Waals surface area contributed by atoms with Gasteiger partial charge in [0.15, 0.2) is 0 Å². The van der Waals surface area contributed by atoms with E-state index in [1.165, 1.54) is 6.42 Å². The summed E-state index contributed by atoms with van der Waals surface area (Å²) in [5, 5.41) is 7.88. The molecule has 7 nitrogen and oxygen atoms in total. The zero-order chi connectivity index (χ0) is 18.8. The first-order valence-electron chi connectivity index (χ1n) is 9.50. The van der Waals surface area contributed by atoms with E-state index in [0.717, 1.165) is 30.0 Å². The molecule has 3 rings (SSSR count). The minimum Gasteiger partial charge on any atom is -0.355 e. The Morgan fingerprint density at radius 2 is 1.96 bits per heavy atom. The number of nitrogens with zero attached hydrogens (tertiary/aromatic N) is 4. The van der Waals surface area contributed by atoms with Crippen LogP contribution in [0.3, 0.4) is 0 Å².